The molecule has 136 valence electrons. The smallest absolute Gasteiger partial charge is 0.0707 e. The number of hydrogen-bond acceptors (Lipinski definition) is 1. The molecule has 3 unspecified atom stereocenters. The zero-order valence-electron chi connectivity index (χ0n) is 15.8. The van der Waals surface area contributed by atoms with E-state index in [1.54, 1.807) is 0 Å². The minimum absolute atomic E-state index is 0.0416. The van der Waals surface area contributed by atoms with Crippen molar-refractivity contribution in [2.45, 2.75) is 30.2 Å². The predicted molar refractivity (Wildman–Crippen MR) is 117 cm³/mol. The molecule has 3 aliphatic rings. The van der Waals surface area contributed by atoms with Gasteiger partial charge in [0.25, 0.3) is 0 Å². The summed E-state index contributed by atoms with van der Waals surface area (Å²) in [4.78, 5) is 0. The van der Waals surface area contributed by atoms with Crippen molar-refractivity contribution in [3.8, 4) is 11.1 Å². The Morgan fingerprint density at radius 2 is 1.57 bits per heavy atom. The Labute approximate surface area is 166 Å². The lowest BCUT2D eigenvalue weighted by molar-refractivity contribution is 0.759. The number of nitrogens with one attached hydrogen (secondary N) is 1. The molecule has 1 nitrogen and oxygen atoms in total. The number of hydrogen-bond donors (Lipinski definition) is 1. The van der Waals surface area contributed by atoms with Gasteiger partial charge in [-0.25, -0.2) is 0 Å². The van der Waals surface area contributed by atoms with Crippen LogP contribution in [-0.2, 0) is 5.54 Å². The topological polar surface area (TPSA) is 12.0 Å². The molecule has 3 aromatic carbocycles. The van der Waals surface area contributed by atoms with Gasteiger partial charge in [-0.05, 0) is 52.8 Å². The normalized spacial score (nSPS) is 26.1. The second-order valence-electron chi connectivity index (χ2n) is 8.26. The zero-order chi connectivity index (χ0) is 18.6. The van der Waals surface area contributed by atoms with E-state index in [1.807, 2.05) is 0 Å². The van der Waals surface area contributed by atoms with Gasteiger partial charge in [0.1, 0.15) is 0 Å². The van der Waals surface area contributed by atoms with Crippen molar-refractivity contribution < 1.29 is 0 Å². The summed E-state index contributed by atoms with van der Waals surface area (Å²) in [5.41, 5.74) is 8.38. The molecule has 0 radical (unpaired) electrons. The van der Waals surface area contributed by atoms with Crippen LogP contribution < -0.4 is 5.32 Å². The van der Waals surface area contributed by atoms with Crippen LogP contribution in [-0.4, -0.2) is 0 Å². The fourth-order valence-corrected chi connectivity index (χ4v) is 5.19. The van der Waals surface area contributed by atoms with Crippen LogP contribution in [0.15, 0.2) is 97.1 Å². The lowest BCUT2D eigenvalue weighted by Crippen LogP contribution is -2.24. The molecule has 3 atom stereocenters. The Morgan fingerprint density at radius 3 is 2.39 bits per heavy atom. The lowest BCUT2D eigenvalue weighted by Gasteiger charge is -2.29. The van der Waals surface area contributed by atoms with E-state index in [-0.39, 0.29) is 5.54 Å². The van der Waals surface area contributed by atoms with Crippen LogP contribution in [0.5, 0.6) is 0 Å². The Kier molecular flexibility index (Phi) is 3.40. The Hall–Kier alpha value is -3.06. The summed E-state index contributed by atoms with van der Waals surface area (Å²) in [5, 5.41) is 3.93. The largest absolute Gasteiger partial charge is 0.375 e. The first-order valence-corrected chi connectivity index (χ1v) is 10.3. The lowest BCUT2D eigenvalue weighted by atomic mass is 9.82. The standard InChI is InChI=1S/C27H23N/c1-2-8-19(9-3-1)20-14-16-21(17-15-20)28-27-18-26(27)24-12-5-4-10-22(24)23-11-6-7-13-25(23)27/h1-8,10-17,19,26,28H,9,18H2. The van der Waals surface area contributed by atoms with Crippen LogP contribution in [0.25, 0.3) is 11.1 Å². The average Bonchev–Trinajstić information content (AvgIpc) is 3.51. The molecular weight excluding hydrogens is 338 g/mol. The third-order valence-electron chi connectivity index (χ3n) is 6.68. The van der Waals surface area contributed by atoms with E-state index in [1.165, 1.54) is 39.9 Å². The molecule has 28 heavy (non-hydrogen) atoms. The summed E-state index contributed by atoms with van der Waals surface area (Å²) in [5.74, 6) is 1.07. The third kappa shape index (κ3) is 2.32. The Balaban J connectivity index is 1.34. The summed E-state index contributed by atoms with van der Waals surface area (Å²) in [7, 11) is 0. The Bertz CT molecular complexity index is 1110. The highest BCUT2D eigenvalue weighted by Gasteiger charge is 2.59. The van der Waals surface area contributed by atoms with Crippen molar-refractivity contribution in [1.29, 1.82) is 0 Å². The van der Waals surface area contributed by atoms with E-state index in [0.29, 0.717) is 11.8 Å². The van der Waals surface area contributed by atoms with Crippen molar-refractivity contribution in [1.82, 2.24) is 0 Å². The molecule has 0 bridgehead atoms. The van der Waals surface area contributed by atoms with Crippen molar-refractivity contribution >= 4 is 5.69 Å². The van der Waals surface area contributed by atoms with E-state index in [2.05, 4.69) is 102 Å². The van der Waals surface area contributed by atoms with Gasteiger partial charge in [-0.3, -0.25) is 0 Å². The number of benzene rings is 3. The highest BCUT2D eigenvalue weighted by molar-refractivity contribution is 5.80. The summed E-state index contributed by atoms with van der Waals surface area (Å²) >= 11 is 0. The number of anilines is 1. The molecule has 0 heterocycles. The van der Waals surface area contributed by atoms with Gasteiger partial charge in [0.2, 0.25) is 0 Å². The fourth-order valence-electron chi connectivity index (χ4n) is 5.19. The van der Waals surface area contributed by atoms with Gasteiger partial charge in [-0.1, -0.05) is 85.0 Å². The maximum atomic E-state index is 3.93. The first-order chi connectivity index (χ1) is 13.9. The number of allylic oxidation sites excluding steroid dienone is 4. The van der Waals surface area contributed by atoms with Gasteiger partial charge >= 0.3 is 0 Å². The summed E-state index contributed by atoms with van der Waals surface area (Å²) in [6.07, 6.45) is 11.1. The van der Waals surface area contributed by atoms with Crippen LogP contribution >= 0.6 is 0 Å². The van der Waals surface area contributed by atoms with Crippen LogP contribution in [0.1, 0.15) is 41.4 Å². The highest BCUT2D eigenvalue weighted by Crippen LogP contribution is 2.66. The maximum Gasteiger partial charge on any atom is 0.0707 e. The van der Waals surface area contributed by atoms with Gasteiger partial charge in [-0.2, -0.15) is 0 Å². The van der Waals surface area contributed by atoms with E-state index in [9.17, 15) is 0 Å². The van der Waals surface area contributed by atoms with Gasteiger partial charge in [0, 0.05) is 17.5 Å². The highest BCUT2D eigenvalue weighted by atomic mass is 15.1. The maximum absolute atomic E-state index is 3.93. The quantitative estimate of drug-likeness (QED) is 0.543. The van der Waals surface area contributed by atoms with Crippen molar-refractivity contribution in [3.63, 3.8) is 0 Å². The Morgan fingerprint density at radius 1 is 0.786 bits per heavy atom. The van der Waals surface area contributed by atoms with E-state index in [0.717, 1.165) is 6.42 Å². The van der Waals surface area contributed by atoms with Crippen LogP contribution in [0.3, 0.4) is 0 Å². The van der Waals surface area contributed by atoms with Crippen molar-refractivity contribution in [2.75, 3.05) is 5.32 Å². The minimum atomic E-state index is 0.0416. The van der Waals surface area contributed by atoms with Crippen LogP contribution in [0.4, 0.5) is 5.69 Å². The predicted octanol–water partition coefficient (Wildman–Crippen LogP) is 6.76. The molecule has 6 rings (SSSR count). The SMILES string of the molecule is C1=CCC(c2ccc(NC34CC3c3ccccc3-c3ccccc34)cc2)C=C1. The minimum Gasteiger partial charge on any atom is -0.375 e. The summed E-state index contributed by atoms with van der Waals surface area (Å²) < 4.78 is 0. The molecule has 1 N–H and O–H groups in total. The molecule has 1 heteroatoms. The van der Waals surface area contributed by atoms with E-state index < -0.39 is 0 Å². The molecule has 0 spiro atoms. The van der Waals surface area contributed by atoms with Gasteiger partial charge in [-0.15, -0.1) is 0 Å². The first kappa shape index (κ1) is 15.9. The molecule has 3 aliphatic carbocycles. The van der Waals surface area contributed by atoms with Crippen LogP contribution in [0, 0.1) is 0 Å². The fraction of sp³-hybridized carbons (Fsp3) is 0.185. The van der Waals surface area contributed by atoms with E-state index >= 15 is 0 Å². The van der Waals surface area contributed by atoms with E-state index in [4.69, 9.17) is 0 Å². The number of fused-ring (bicyclic) bond motifs is 6. The summed E-state index contributed by atoms with van der Waals surface area (Å²) in [6.45, 7) is 0. The van der Waals surface area contributed by atoms with Crippen molar-refractivity contribution in [3.05, 3.63) is 114 Å². The zero-order valence-corrected chi connectivity index (χ0v) is 15.8. The molecule has 1 fully saturated rings. The molecule has 0 amide bonds. The third-order valence-corrected chi connectivity index (χ3v) is 6.68. The number of rotatable bonds is 3. The summed E-state index contributed by atoms with van der Waals surface area (Å²) in [6, 6.07) is 26.9. The molecule has 3 aromatic rings. The average molecular weight is 361 g/mol. The second kappa shape index (κ2) is 5.97. The molecule has 0 aromatic heterocycles. The van der Waals surface area contributed by atoms with Gasteiger partial charge in [0.15, 0.2) is 0 Å². The monoisotopic (exact) mass is 361 g/mol. The molecule has 0 saturated heterocycles. The second-order valence-corrected chi connectivity index (χ2v) is 8.26. The van der Waals surface area contributed by atoms with Gasteiger partial charge < -0.3 is 5.32 Å². The molecular formula is C27H23N. The van der Waals surface area contributed by atoms with Gasteiger partial charge in [0.05, 0.1) is 5.54 Å². The first-order valence-electron chi connectivity index (χ1n) is 10.3. The van der Waals surface area contributed by atoms with Crippen LogP contribution in [0.2, 0.25) is 0 Å². The molecule has 1 saturated carbocycles. The van der Waals surface area contributed by atoms with Crippen molar-refractivity contribution in [2.24, 2.45) is 0 Å². The molecule has 0 aliphatic heterocycles.